The molecule has 168 valence electrons. The van der Waals surface area contributed by atoms with Gasteiger partial charge in [-0.2, -0.15) is 0 Å². The van der Waals surface area contributed by atoms with E-state index in [1.54, 1.807) is 0 Å². The van der Waals surface area contributed by atoms with Crippen LogP contribution in [0.1, 0.15) is 129 Å². The minimum Gasteiger partial charge on any atom is -0.402 e. The molecule has 0 aliphatic heterocycles. The molecule has 0 saturated heterocycles. The van der Waals surface area contributed by atoms with E-state index >= 15 is 0 Å². The predicted molar refractivity (Wildman–Crippen MR) is 117 cm³/mol. The number of aliphatic hydroxyl groups excluding tert-OH is 1. The zero-order chi connectivity index (χ0) is 21.1. The minimum absolute atomic E-state index is 0.438. The van der Waals surface area contributed by atoms with E-state index in [0.717, 1.165) is 38.5 Å². The van der Waals surface area contributed by atoms with E-state index < -0.39 is 19.2 Å². The molecule has 0 radical (unpaired) electrons. The fourth-order valence-electron chi connectivity index (χ4n) is 3.89. The first-order valence-electron chi connectivity index (χ1n) is 11.9. The van der Waals surface area contributed by atoms with Gasteiger partial charge in [-0.05, 0) is 12.8 Å². The average Bonchev–Trinajstić information content (AvgIpc) is 2.65. The molecule has 6 heteroatoms. The smallest absolute Gasteiger partial charge is 0.402 e. The van der Waals surface area contributed by atoms with E-state index in [-0.39, 0.29) is 0 Å². The molecule has 0 atom stereocenters. The van der Waals surface area contributed by atoms with Crippen LogP contribution in [0.2, 0.25) is 0 Å². The van der Waals surface area contributed by atoms with Gasteiger partial charge in [-0.15, -0.1) is 0 Å². The van der Waals surface area contributed by atoms with Crippen LogP contribution in [0, 0.1) is 0 Å². The standard InChI is InChI=1S/C22H47BO5/c1-3-5-7-9-11-13-15-17-19-22(21(24)25,28-23(26)27)20-18-16-14-12-10-8-6-4-2/h21,24-27H,3-20H2,1-2H3. The molecule has 0 aromatic carbocycles. The van der Waals surface area contributed by atoms with Crippen molar-refractivity contribution in [3.63, 3.8) is 0 Å². The maximum absolute atomic E-state index is 9.92. The Hall–Kier alpha value is -0.135. The van der Waals surface area contributed by atoms with Gasteiger partial charge in [-0.25, -0.2) is 0 Å². The molecule has 0 spiro atoms. The van der Waals surface area contributed by atoms with E-state index in [1.807, 2.05) is 0 Å². The van der Waals surface area contributed by atoms with Crippen LogP contribution in [0.25, 0.3) is 0 Å². The highest BCUT2D eigenvalue weighted by atomic mass is 16.7. The Labute approximate surface area is 174 Å². The van der Waals surface area contributed by atoms with Gasteiger partial charge in [-0.3, -0.25) is 0 Å². The molecule has 0 aromatic heterocycles. The summed E-state index contributed by atoms with van der Waals surface area (Å²) < 4.78 is 5.23. The van der Waals surface area contributed by atoms with Crippen molar-refractivity contribution in [3.05, 3.63) is 0 Å². The summed E-state index contributed by atoms with van der Waals surface area (Å²) in [6.07, 6.45) is 17.6. The summed E-state index contributed by atoms with van der Waals surface area (Å²) >= 11 is 0. The van der Waals surface area contributed by atoms with Gasteiger partial charge in [0, 0.05) is 0 Å². The second-order valence-corrected chi connectivity index (χ2v) is 8.33. The molecular formula is C22H47BO5. The number of aliphatic hydroxyl groups is 2. The molecule has 0 aliphatic carbocycles. The van der Waals surface area contributed by atoms with Gasteiger partial charge in [0.15, 0.2) is 6.29 Å². The van der Waals surface area contributed by atoms with Crippen molar-refractivity contribution in [2.45, 2.75) is 141 Å². The third-order valence-corrected chi connectivity index (χ3v) is 5.72. The number of hydrogen-bond donors (Lipinski definition) is 4. The molecule has 0 amide bonds. The van der Waals surface area contributed by atoms with E-state index in [9.17, 15) is 20.3 Å². The first kappa shape index (κ1) is 27.9. The van der Waals surface area contributed by atoms with Gasteiger partial charge in [0.25, 0.3) is 0 Å². The molecule has 0 rings (SSSR count). The zero-order valence-corrected chi connectivity index (χ0v) is 18.6. The topological polar surface area (TPSA) is 90.2 Å². The lowest BCUT2D eigenvalue weighted by atomic mass is 9.87. The maximum atomic E-state index is 9.92. The second-order valence-electron chi connectivity index (χ2n) is 8.33. The molecule has 0 aromatic rings. The summed E-state index contributed by atoms with van der Waals surface area (Å²) in [4.78, 5) is 0. The van der Waals surface area contributed by atoms with Crippen LogP contribution in [0.3, 0.4) is 0 Å². The van der Waals surface area contributed by atoms with Crippen molar-refractivity contribution in [2.24, 2.45) is 0 Å². The fraction of sp³-hybridized carbons (Fsp3) is 1.00. The highest BCUT2D eigenvalue weighted by Gasteiger charge is 2.40. The normalized spacial score (nSPS) is 12.1. The highest BCUT2D eigenvalue weighted by molar-refractivity contribution is 6.32. The number of unbranched alkanes of at least 4 members (excludes halogenated alkanes) is 14. The second kappa shape index (κ2) is 18.9. The van der Waals surface area contributed by atoms with Gasteiger partial charge < -0.3 is 24.9 Å². The molecule has 0 saturated carbocycles. The van der Waals surface area contributed by atoms with E-state index in [1.165, 1.54) is 64.2 Å². The first-order chi connectivity index (χ1) is 13.5. The van der Waals surface area contributed by atoms with Crippen molar-refractivity contribution in [1.29, 1.82) is 0 Å². The molecule has 28 heavy (non-hydrogen) atoms. The number of rotatable bonds is 21. The summed E-state index contributed by atoms with van der Waals surface area (Å²) in [5, 5.41) is 38.4. The Morgan fingerprint density at radius 1 is 0.607 bits per heavy atom. The lowest BCUT2D eigenvalue weighted by Crippen LogP contribution is -2.49. The third-order valence-electron chi connectivity index (χ3n) is 5.72. The van der Waals surface area contributed by atoms with Gasteiger partial charge >= 0.3 is 7.32 Å². The molecule has 0 bridgehead atoms. The van der Waals surface area contributed by atoms with Gasteiger partial charge in [0.1, 0.15) is 5.60 Å². The van der Waals surface area contributed by atoms with Crippen LogP contribution in [-0.2, 0) is 4.65 Å². The van der Waals surface area contributed by atoms with Crippen molar-refractivity contribution >= 4 is 7.32 Å². The first-order valence-corrected chi connectivity index (χ1v) is 11.9. The summed E-state index contributed by atoms with van der Waals surface area (Å²) in [5.74, 6) is 0. The van der Waals surface area contributed by atoms with Gasteiger partial charge in [-0.1, -0.05) is 117 Å². The van der Waals surface area contributed by atoms with Crippen LogP contribution < -0.4 is 0 Å². The monoisotopic (exact) mass is 402 g/mol. The van der Waals surface area contributed by atoms with Crippen LogP contribution in [0.15, 0.2) is 0 Å². The lowest BCUT2D eigenvalue weighted by Gasteiger charge is -2.36. The predicted octanol–water partition coefficient (Wildman–Crippen LogP) is 5.08. The van der Waals surface area contributed by atoms with Crippen LogP contribution in [0.5, 0.6) is 0 Å². The summed E-state index contributed by atoms with van der Waals surface area (Å²) in [5.41, 5.74) is -1.28. The quantitative estimate of drug-likeness (QED) is 0.122. The SMILES string of the molecule is CCCCCCCCCCC(CCCCCCCCCC)(OB(O)O)C(O)O. The van der Waals surface area contributed by atoms with Crippen molar-refractivity contribution in [2.75, 3.05) is 0 Å². The fourth-order valence-corrected chi connectivity index (χ4v) is 3.89. The van der Waals surface area contributed by atoms with E-state index in [4.69, 9.17) is 4.65 Å². The zero-order valence-electron chi connectivity index (χ0n) is 18.6. The van der Waals surface area contributed by atoms with Crippen LogP contribution >= 0.6 is 0 Å². The van der Waals surface area contributed by atoms with Gasteiger partial charge in [0.05, 0.1) is 0 Å². The Bertz CT molecular complexity index is 306. The number of hydrogen-bond acceptors (Lipinski definition) is 5. The maximum Gasteiger partial charge on any atom is 0.634 e. The van der Waals surface area contributed by atoms with E-state index in [2.05, 4.69) is 13.8 Å². The van der Waals surface area contributed by atoms with Crippen LogP contribution in [0.4, 0.5) is 0 Å². The Morgan fingerprint density at radius 3 is 1.21 bits per heavy atom. The van der Waals surface area contributed by atoms with Crippen molar-refractivity contribution in [3.8, 4) is 0 Å². The molecule has 4 N–H and O–H groups in total. The Balaban J connectivity index is 4.22. The van der Waals surface area contributed by atoms with Gasteiger partial charge in [0.2, 0.25) is 0 Å². The lowest BCUT2D eigenvalue weighted by molar-refractivity contribution is -0.189. The molecule has 0 aliphatic rings. The molecule has 5 nitrogen and oxygen atoms in total. The van der Waals surface area contributed by atoms with E-state index in [0.29, 0.717) is 12.8 Å². The summed E-state index contributed by atoms with van der Waals surface area (Å²) in [6, 6.07) is 0. The molecule has 0 heterocycles. The summed E-state index contributed by atoms with van der Waals surface area (Å²) in [7, 11) is -1.98. The van der Waals surface area contributed by atoms with Crippen molar-refractivity contribution < 1.29 is 24.9 Å². The molecule has 0 fully saturated rings. The Morgan fingerprint density at radius 2 is 0.929 bits per heavy atom. The average molecular weight is 402 g/mol. The minimum atomic E-state index is -1.98. The molecule has 0 unspecified atom stereocenters. The highest BCUT2D eigenvalue weighted by Crippen LogP contribution is 2.30. The van der Waals surface area contributed by atoms with Crippen LogP contribution in [-0.4, -0.2) is 39.5 Å². The molecular weight excluding hydrogens is 355 g/mol. The third kappa shape index (κ3) is 14.8. The summed E-state index contributed by atoms with van der Waals surface area (Å²) in [6.45, 7) is 4.42. The Kier molecular flexibility index (Phi) is 18.8. The van der Waals surface area contributed by atoms with Crippen molar-refractivity contribution in [1.82, 2.24) is 0 Å². The largest absolute Gasteiger partial charge is 0.634 e.